The van der Waals surface area contributed by atoms with Gasteiger partial charge in [-0.3, -0.25) is 0 Å². The molecule has 0 unspecified atom stereocenters. The van der Waals surface area contributed by atoms with Crippen molar-refractivity contribution in [3.05, 3.63) is 23.2 Å². The maximum atomic E-state index is 4.33. The van der Waals surface area contributed by atoms with Crippen LogP contribution in [0, 0.1) is 13.8 Å². The molecule has 12 heavy (non-hydrogen) atoms. The lowest BCUT2D eigenvalue weighted by molar-refractivity contribution is 0.863. The molecule has 0 radical (unpaired) electrons. The topological polar surface area (TPSA) is 43.6 Å². The van der Waals surface area contributed by atoms with Gasteiger partial charge in [-0.2, -0.15) is 9.78 Å². The molecule has 0 atom stereocenters. The summed E-state index contributed by atoms with van der Waals surface area (Å²) >= 11 is 1.62. The van der Waals surface area contributed by atoms with Crippen LogP contribution in [-0.4, -0.2) is 19.7 Å². The van der Waals surface area contributed by atoms with Crippen LogP contribution in [-0.2, 0) is 0 Å². The largest absolute Gasteiger partial charge is 0.223 e. The van der Waals surface area contributed by atoms with Gasteiger partial charge in [0, 0.05) is 4.88 Å². The predicted molar refractivity (Wildman–Crippen MR) is 46.5 cm³/mol. The highest BCUT2D eigenvalue weighted by Crippen LogP contribution is 2.18. The van der Waals surface area contributed by atoms with Crippen molar-refractivity contribution in [1.29, 1.82) is 0 Å². The van der Waals surface area contributed by atoms with Gasteiger partial charge in [-0.05, 0) is 13.8 Å². The van der Waals surface area contributed by atoms with Gasteiger partial charge >= 0.3 is 0 Å². The highest BCUT2D eigenvalue weighted by molar-refractivity contribution is 7.14. The molecule has 2 heterocycles. The first-order chi connectivity index (χ1) is 5.77. The van der Waals surface area contributed by atoms with Gasteiger partial charge in [0.1, 0.15) is 12.7 Å². The molecule has 0 aromatic carbocycles. The molecule has 0 saturated carbocycles. The third kappa shape index (κ3) is 1.12. The molecule has 0 N–H and O–H groups in total. The Balaban J connectivity index is 2.48. The Labute approximate surface area is 73.9 Å². The molecular weight excluding hydrogens is 172 g/mol. The average molecular weight is 180 g/mol. The van der Waals surface area contributed by atoms with Crippen LogP contribution in [0.4, 0.5) is 0 Å². The second kappa shape index (κ2) is 2.67. The Morgan fingerprint density at radius 2 is 2.25 bits per heavy atom. The minimum absolute atomic E-state index is 0.877. The van der Waals surface area contributed by atoms with Crippen molar-refractivity contribution >= 4 is 11.3 Å². The summed E-state index contributed by atoms with van der Waals surface area (Å²) in [6.07, 6.45) is 3.16. The fourth-order valence-electron chi connectivity index (χ4n) is 0.861. The lowest BCUT2D eigenvalue weighted by Crippen LogP contribution is -1.92. The third-order valence-corrected chi connectivity index (χ3v) is 2.69. The van der Waals surface area contributed by atoms with Gasteiger partial charge in [0.05, 0.1) is 5.69 Å². The molecule has 2 aromatic heterocycles. The zero-order valence-corrected chi connectivity index (χ0v) is 7.67. The van der Waals surface area contributed by atoms with Crippen molar-refractivity contribution in [2.45, 2.75) is 13.8 Å². The first-order valence-electron chi connectivity index (χ1n) is 3.56. The number of rotatable bonds is 1. The van der Waals surface area contributed by atoms with E-state index < -0.39 is 0 Å². The van der Waals surface area contributed by atoms with E-state index in [4.69, 9.17) is 0 Å². The highest BCUT2D eigenvalue weighted by Gasteiger charge is 2.04. The third-order valence-electron chi connectivity index (χ3n) is 1.63. The van der Waals surface area contributed by atoms with E-state index >= 15 is 0 Å². The van der Waals surface area contributed by atoms with Crippen LogP contribution >= 0.6 is 11.3 Å². The highest BCUT2D eigenvalue weighted by atomic mass is 32.1. The van der Waals surface area contributed by atoms with Crippen molar-refractivity contribution in [3.63, 3.8) is 0 Å². The van der Waals surface area contributed by atoms with Crippen LogP contribution in [0.3, 0.4) is 0 Å². The molecule has 0 aliphatic rings. The second-order valence-electron chi connectivity index (χ2n) is 2.48. The van der Waals surface area contributed by atoms with Gasteiger partial charge < -0.3 is 0 Å². The average Bonchev–Trinajstić information content (AvgIpc) is 2.61. The zero-order chi connectivity index (χ0) is 8.55. The Morgan fingerprint density at radius 1 is 1.42 bits per heavy atom. The molecule has 0 amide bonds. The van der Waals surface area contributed by atoms with Crippen LogP contribution < -0.4 is 0 Å². The normalized spacial score (nSPS) is 10.5. The minimum Gasteiger partial charge on any atom is -0.223 e. The van der Waals surface area contributed by atoms with E-state index in [2.05, 4.69) is 15.1 Å². The molecular formula is C7H8N4S. The van der Waals surface area contributed by atoms with E-state index in [1.165, 1.54) is 11.2 Å². The Hall–Kier alpha value is -1.23. The molecule has 0 aliphatic heterocycles. The molecule has 2 rings (SSSR count). The molecule has 0 bridgehead atoms. The van der Waals surface area contributed by atoms with Crippen molar-refractivity contribution in [3.8, 4) is 5.13 Å². The monoisotopic (exact) mass is 180 g/mol. The number of aryl methyl sites for hydroxylation is 2. The smallest absolute Gasteiger partial charge is 0.212 e. The molecule has 0 saturated heterocycles. The molecule has 5 heteroatoms. The summed E-state index contributed by atoms with van der Waals surface area (Å²) in [5, 5.41) is 4.87. The predicted octanol–water partition coefficient (Wildman–Crippen LogP) is 1.34. The summed E-state index contributed by atoms with van der Waals surface area (Å²) < 4.78 is 1.67. The van der Waals surface area contributed by atoms with Gasteiger partial charge in [0.15, 0.2) is 0 Å². The van der Waals surface area contributed by atoms with Gasteiger partial charge in [-0.1, -0.05) is 11.3 Å². The Bertz CT molecular complexity index is 357. The van der Waals surface area contributed by atoms with Gasteiger partial charge in [-0.15, -0.1) is 0 Å². The zero-order valence-electron chi connectivity index (χ0n) is 6.85. The number of nitrogens with zero attached hydrogens (tertiary/aromatic N) is 4. The van der Waals surface area contributed by atoms with Gasteiger partial charge in [0.25, 0.3) is 0 Å². The summed E-state index contributed by atoms with van der Waals surface area (Å²) in [5.41, 5.74) is 1.06. The summed E-state index contributed by atoms with van der Waals surface area (Å²) in [5.74, 6) is 0. The van der Waals surface area contributed by atoms with Gasteiger partial charge in [-0.25, -0.2) is 9.97 Å². The van der Waals surface area contributed by atoms with Crippen molar-refractivity contribution < 1.29 is 0 Å². The molecule has 0 fully saturated rings. The summed E-state index contributed by atoms with van der Waals surface area (Å²) in [6.45, 7) is 4.04. The standard InChI is InChI=1S/C7H8N4S/c1-5-6(2)12-7(10-5)11-4-8-3-9-11/h3-4H,1-2H3. The molecule has 4 nitrogen and oxygen atoms in total. The first-order valence-corrected chi connectivity index (χ1v) is 4.38. The van der Waals surface area contributed by atoms with Crippen LogP contribution in [0.2, 0.25) is 0 Å². The Morgan fingerprint density at radius 3 is 2.75 bits per heavy atom. The van der Waals surface area contributed by atoms with Crippen molar-refractivity contribution in [2.24, 2.45) is 0 Å². The lowest BCUT2D eigenvalue weighted by atomic mass is 10.4. The summed E-state index contributed by atoms with van der Waals surface area (Å²) in [7, 11) is 0. The SMILES string of the molecule is Cc1nc(-n2cncn2)sc1C. The van der Waals surface area contributed by atoms with Gasteiger partial charge in [0.2, 0.25) is 5.13 Å². The maximum absolute atomic E-state index is 4.33. The van der Waals surface area contributed by atoms with E-state index in [0.717, 1.165) is 10.8 Å². The lowest BCUT2D eigenvalue weighted by Gasteiger charge is -1.88. The quantitative estimate of drug-likeness (QED) is 0.665. The fourth-order valence-corrected chi connectivity index (χ4v) is 1.70. The first kappa shape index (κ1) is 7.42. The van der Waals surface area contributed by atoms with Crippen molar-refractivity contribution in [1.82, 2.24) is 19.7 Å². The summed E-state index contributed by atoms with van der Waals surface area (Å²) in [6, 6.07) is 0. The van der Waals surface area contributed by atoms with E-state index in [-0.39, 0.29) is 0 Å². The van der Waals surface area contributed by atoms with Crippen LogP contribution in [0.5, 0.6) is 0 Å². The molecule has 0 spiro atoms. The number of aromatic nitrogens is 4. The molecule has 62 valence electrons. The van der Waals surface area contributed by atoms with E-state index in [1.54, 1.807) is 22.3 Å². The van der Waals surface area contributed by atoms with Crippen LogP contribution in [0.1, 0.15) is 10.6 Å². The minimum atomic E-state index is 0.877. The van der Waals surface area contributed by atoms with Crippen LogP contribution in [0.15, 0.2) is 12.7 Å². The van der Waals surface area contributed by atoms with Crippen LogP contribution in [0.25, 0.3) is 5.13 Å². The fraction of sp³-hybridized carbons (Fsp3) is 0.286. The number of thiazole rings is 1. The molecule has 2 aromatic rings. The number of hydrogen-bond donors (Lipinski definition) is 0. The second-order valence-corrected chi connectivity index (χ2v) is 3.66. The number of hydrogen-bond acceptors (Lipinski definition) is 4. The van der Waals surface area contributed by atoms with E-state index in [9.17, 15) is 0 Å². The molecule has 0 aliphatic carbocycles. The van der Waals surface area contributed by atoms with E-state index in [1.807, 2.05) is 13.8 Å². The Kier molecular flexibility index (Phi) is 1.65. The van der Waals surface area contributed by atoms with E-state index in [0.29, 0.717) is 0 Å². The maximum Gasteiger partial charge on any atom is 0.212 e. The van der Waals surface area contributed by atoms with Crippen molar-refractivity contribution in [2.75, 3.05) is 0 Å². The summed E-state index contributed by atoms with van der Waals surface area (Å²) in [4.78, 5) is 9.41.